The second-order valence-corrected chi connectivity index (χ2v) is 4.51. The summed E-state index contributed by atoms with van der Waals surface area (Å²) in [6.45, 7) is 2.99. The molecule has 0 bridgehead atoms. The largest absolute Gasteiger partial charge is 0.385 e. The summed E-state index contributed by atoms with van der Waals surface area (Å²) in [7, 11) is 0. The summed E-state index contributed by atoms with van der Waals surface area (Å²) in [5.41, 5.74) is -0.711. The summed E-state index contributed by atoms with van der Waals surface area (Å²) in [5.74, 6) is -0.267. The van der Waals surface area contributed by atoms with E-state index >= 15 is 0 Å². The molecule has 1 saturated heterocycles. The maximum absolute atomic E-state index is 13.6. The Hall–Kier alpha value is -0.930. The van der Waals surface area contributed by atoms with Crippen LogP contribution in [0.15, 0.2) is 24.3 Å². The normalized spacial score (nSPS) is 21.7. The summed E-state index contributed by atoms with van der Waals surface area (Å²) in [6.07, 6.45) is 1.56. The van der Waals surface area contributed by atoms with Crippen molar-refractivity contribution in [2.24, 2.45) is 5.92 Å². The van der Waals surface area contributed by atoms with Gasteiger partial charge in [-0.3, -0.25) is 0 Å². The molecule has 1 aromatic carbocycles. The van der Waals surface area contributed by atoms with E-state index in [0.29, 0.717) is 18.8 Å². The van der Waals surface area contributed by atoms with Crippen LogP contribution in [0.5, 0.6) is 0 Å². The molecule has 1 heterocycles. The Bertz CT molecular complexity index is 357. The van der Waals surface area contributed by atoms with Gasteiger partial charge in [-0.05, 0) is 31.7 Å². The molecule has 3 heteroatoms. The number of hydrogen-bond donors (Lipinski definition) is 1. The highest BCUT2D eigenvalue weighted by Gasteiger charge is 2.36. The van der Waals surface area contributed by atoms with Crippen molar-refractivity contribution in [3.05, 3.63) is 35.6 Å². The Morgan fingerprint density at radius 1 is 1.31 bits per heavy atom. The minimum absolute atomic E-state index is 0.0677. The van der Waals surface area contributed by atoms with E-state index in [9.17, 15) is 9.50 Å². The van der Waals surface area contributed by atoms with Crippen molar-refractivity contribution in [3.8, 4) is 0 Å². The molecule has 0 saturated carbocycles. The van der Waals surface area contributed by atoms with E-state index in [4.69, 9.17) is 4.74 Å². The molecule has 16 heavy (non-hydrogen) atoms. The monoisotopic (exact) mass is 224 g/mol. The van der Waals surface area contributed by atoms with Gasteiger partial charge in [0.15, 0.2) is 0 Å². The van der Waals surface area contributed by atoms with Gasteiger partial charge in [0.05, 0.1) is 5.60 Å². The molecule has 1 atom stereocenters. The molecule has 0 amide bonds. The Kier molecular flexibility index (Phi) is 3.26. The SMILES string of the molecule is CC(O)(c1ccccc1F)C1CCOCC1. The fraction of sp³-hybridized carbons (Fsp3) is 0.538. The Morgan fingerprint density at radius 3 is 2.56 bits per heavy atom. The molecular formula is C13H17FO2. The molecule has 2 nitrogen and oxygen atoms in total. The van der Waals surface area contributed by atoms with Crippen LogP contribution in [-0.2, 0) is 10.3 Å². The zero-order valence-electron chi connectivity index (χ0n) is 9.45. The fourth-order valence-corrected chi connectivity index (χ4v) is 2.35. The van der Waals surface area contributed by atoms with Crippen LogP contribution in [0.4, 0.5) is 4.39 Å². The highest BCUT2D eigenvalue weighted by atomic mass is 19.1. The first-order valence-corrected chi connectivity index (χ1v) is 5.67. The smallest absolute Gasteiger partial charge is 0.129 e. The first-order chi connectivity index (χ1) is 7.62. The highest BCUT2D eigenvalue weighted by molar-refractivity contribution is 5.24. The van der Waals surface area contributed by atoms with Gasteiger partial charge in [0.2, 0.25) is 0 Å². The zero-order chi connectivity index (χ0) is 11.6. The van der Waals surface area contributed by atoms with Crippen molar-refractivity contribution in [1.82, 2.24) is 0 Å². The van der Waals surface area contributed by atoms with Crippen molar-refractivity contribution in [2.75, 3.05) is 13.2 Å². The lowest BCUT2D eigenvalue weighted by Gasteiger charge is -2.36. The van der Waals surface area contributed by atoms with Crippen molar-refractivity contribution in [2.45, 2.75) is 25.4 Å². The van der Waals surface area contributed by atoms with E-state index in [2.05, 4.69) is 0 Å². The summed E-state index contributed by atoms with van der Waals surface area (Å²) in [5, 5.41) is 10.5. The van der Waals surface area contributed by atoms with E-state index in [1.54, 1.807) is 25.1 Å². The average molecular weight is 224 g/mol. The van der Waals surface area contributed by atoms with Crippen molar-refractivity contribution < 1.29 is 14.2 Å². The number of benzene rings is 1. The summed E-state index contributed by atoms with van der Waals surface area (Å²) in [4.78, 5) is 0. The highest BCUT2D eigenvalue weighted by Crippen LogP contribution is 2.36. The topological polar surface area (TPSA) is 29.5 Å². The van der Waals surface area contributed by atoms with E-state index in [1.165, 1.54) is 6.07 Å². The number of aliphatic hydroxyl groups is 1. The van der Waals surface area contributed by atoms with E-state index in [1.807, 2.05) is 0 Å². The lowest BCUT2D eigenvalue weighted by molar-refractivity contribution is -0.0598. The molecular weight excluding hydrogens is 207 g/mol. The van der Waals surface area contributed by atoms with Gasteiger partial charge in [0.1, 0.15) is 5.82 Å². The summed E-state index contributed by atoms with van der Waals surface area (Å²) >= 11 is 0. The predicted molar refractivity (Wildman–Crippen MR) is 59.5 cm³/mol. The van der Waals surface area contributed by atoms with E-state index in [0.717, 1.165) is 12.8 Å². The zero-order valence-corrected chi connectivity index (χ0v) is 9.45. The number of hydrogen-bond acceptors (Lipinski definition) is 2. The van der Waals surface area contributed by atoms with E-state index < -0.39 is 5.60 Å². The standard InChI is InChI=1S/C13H17FO2/c1-13(15,10-6-8-16-9-7-10)11-4-2-3-5-12(11)14/h2-5,10,15H,6-9H2,1H3. The molecule has 0 aromatic heterocycles. The van der Waals surface area contributed by atoms with Crippen molar-refractivity contribution in [1.29, 1.82) is 0 Å². The molecule has 0 spiro atoms. The third-order valence-corrected chi connectivity index (χ3v) is 3.44. The van der Waals surface area contributed by atoms with Crippen LogP contribution < -0.4 is 0 Å². The van der Waals surface area contributed by atoms with Crippen LogP contribution in [-0.4, -0.2) is 18.3 Å². The summed E-state index contributed by atoms with van der Waals surface area (Å²) in [6, 6.07) is 6.44. The number of ether oxygens (including phenoxy) is 1. The maximum Gasteiger partial charge on any atom is 0.129 e. The number of halogens is 1. The molecule has 1 aliphatic rings. The third-order valence-electron chi connectivity index (χ3n) is 3.44. The van der Waals surface area contributed by atoms with Gasteiger partial charge in [0, 0.05) is 18.8 Å². The van der Waals surface area contributed by atoms with Crippen molar-refractivity contribution >= 4 is 0 Å². The van der Waals surface area contributed by atoms with Gasteiger partial charge in [0.25, 0.3) is 0 Å². The molecule has 1 aromatic rings. The first-order valence-electron chi connectivity index (χ1n) is 5.67. The van der Waals surface area contributed by atoms with Gasteiger partial charge >= 0.3 is 0 Å². The molecule has 1 aliphatic heterocycles. The molecule has 2 rings (SSSR count). The van der Waals surface area contributed by atoms with Gasteiger partial charge < -0.3 is 9.84 Å². The number of rotatable bonds is 2. The minimum atomic E-state index is -1.10. The Morgan fingerprint density at radius 2 is 1.94 bits per heavy atom. The van der Waals surface area contributed by atoms with Gasteiger partial charge in [-0.1, -0.05) is 18.2 Å². The lowest BCUT2D eigenvalue weighted by Crippen LogP contribution is -2.36. The molecule has 88 valence electrons. The molecule has 0 radical (unpaired) electrons. The Balaban J connectivity index is 2.26. The predicted octanol–water partition coefficient (Wildman–Crippen LogP) is 2.46. The Labute approximate surface area is 95.1 Å². The lowest BCUT2D eigenvalue weighted by atomic mass is 9.78. The second kappa shape index (κ2) is 4.52. The average Bonchev–Trinajstić information content (AvgIpc) is 2.30. The van der Waals surface area contributed by atoms with Crippen LogP contribution in [0.25, 0.3) is 0 Å². The first kappa shape index (κ1) is 11.6. The molecule has 0 aliphatic carbocycles. The van der Waals surface area contributed by atoms with Crippen LogP contribution in [0.3, 0.4) is 0 Å². The second-order valence-electron chi connectivity index (χ2n) is 4.51. The minimum Gasteiger partial charge on any atom is -0.385 e. The maximum atomic E-state index is 13.6. The van der Waals surface area contributed by atoms with Gasteiger partial charge in [-0.15, -0.1) is 0 Å². The molecule has 1 unspecified atom stereocenters. The summed E-state index contributed by atoms with van der Waals surface area (Å²) < 4.78 is 18.9. The van der Waals surface area contributed by atoms with Gasteiger partial charge in [-0.2, -0.15) is 0 Å². The third kappa shape index (κ3) is 2.11. The van der Waals surface area contributed by atoms with E-state index in [-0.39, 0.29) is 11.7 Å². The van der Waals surface area contributed by atoms with Crippen LogP contribution in [0, 0.1) is 11.7 Å². The molecule has 1 fully saturated rings. The van der Waals surface area contributed by atoms with Crippen LogP contribution in [0.1, 0.15) is 25.3 Å². The van der Waals surface area contributed by atoms with Crippen LogP contribution in [0.2, 0.25) is 0 Å². The van der Waals surface area contributed by atoms with Crippen LogP contribution >= 0.6 is 0 Å². The quantitative estimate of drug-likeness (QED) is 0.836. The fourth-order valence-electron chi connectivity index (χ4n) is 2.35. The molecule has 1 N–H and O–H groups in total. The van der Waals surface area contributed by atoms with Gasteiger partial charge in [-0.25, -0.2) is 4.39 Å². The van der Waals surface area contributed by atoms with Crippen molar-refractivity contribution in [3.63, 3.8) is 0 Å².